The van der Waals surface area contributed by atoms with Gasteiger partial charge in [0.05, 0.1) is 6.61 Å². The van der Waals surface area contributed by atoms with E-state index >= 15 is 0 Å². The lowest BCUT2D eigenvalue weighted by molar-refractivity contribution is -0.137. The molecular formula is C15H17ClN2O3. The van der Waals surface area contributed by atoms with Crippen LogP contribution in [-0.2, 0) is 15.1 Å². The van der Waals surface area contributed by atoms with Gasteiger partial charge in [-0.05, 0) is 25.3 Å². The van der Waals surface area contributed by atoms with Gasteiger partial charge in [-0.25, -0.2) is 4.99 Å². The Hall–Kier alpha value is -1.43. The second-order valence-corrected chi connectivity index (χ2v) is 5.85. The van der Waals surface area contributed by atoms with Crippen LogP contribution in [0.25, 0.3) is 0 Å². The van der Waals surface area contributed by atoms with Gasteiger partial charge in [0.25, 0.3) is 0 Å². The number of rotatable bonds is 3. The molecule has 2 unspecified atom stereocenters. The minimum atomic E-state index is -1.03. The van der Waals surface area contributed by atoms with E-state index in [1.165, 1.54) is 0 Å². The summed E-state index contributed by atoms with van der Waals surface area (Å²) in [4.78, 5) is 17.2. The zero-order valence-electron chi connectivity index (χ0n) is 11.5. The number of nitrogens with zero attached hydrogens (tertiary/aromatic N) is 1. The molecule has 1 fully saturated rings. The fraction of sp³-hybridized carbons (Fsp3) is 0.467. The lowest BCUT2D eigenvalue weighted by Gasteiger charge is -2.42. The van der Waals surface area contributed by atoms with E-state index in [9.17, 15) is 9.90 Å². The van der Waals surface area contributed by atoms with Gasteiger partial charge in [0, 0.05) is 10.6 Å². The maximum absolute atomic E-state index is 12.7. The minimum absolute atomic E-state index is 0.0734. The predicted octanol–water partition coefficient (Wildman–Crippen LogP) is 1.41. The summed E-state index contributed by atoms with van der Waals surface area (Å²) < 4.78 is 5.58. The van der Waals surface area contributed by atoms with Crippen molar-refractivity contribution in [1.29, 1.82) is 0 Å². The number of Topliss-reactive ketones (excluding diaryl/α,β-unsaturated/α-hetero) is 1. The molecule has 0 radical (unpaired) electrons. The fourth-order valence-electron chi connectivity index (χ4n) is 3.02. The van der Waals surface area contributed by atoms with Gasteiger partial charge in [-0.3, -0.25) is 4.79 Å². The summed E-state index contributed by atoms with van der Waals surface area (Å²) in [6, 6.07) is 6.50. The summed E-state index contributed by atoms with van der Waals surface area (Å²) in [7, 11) is 0. The highest BCUT2D eigenvalue weighted by atomic mass is 35.5. The minimum Gasteiger partial charge on any atom is -0.468 e. The number of hydrogen-bond donors (Lipinski definition) is 2. The molecule has 6 heteroatoms. The number of ether oxygens (including phenoxy) is 1. The normalized spacial score (nSPS) is 29.6. The second kappa shape index (κ2) is 5.40. The summed E-state index contributed by atoms with van der Waals surface area (Å²) in [6.45, 7) is -0.279. The van der Waals surface area contributed by atoms with Gasteiger partial charge in [0.15, 0.2) is 11.6 Å². The Kier molecular flexibility index (Phi) is 3.73. The average Bonchev–Trinajstić information content (AvgIpc) is 2.47. The van der Waals surface area contributed by atoms with E-state index in [1.54, 1.807) is 6.07 Å². The molecule has 1 heterocycles. The Morgan fingerprint density at radius 2 is 2.29 bits per heavy atom. The molecule has 1 aliphatic carbocycles. The van der Waals surface area contributed by atoms with Crippen LogP contribution in [0.5, 0.6) is 0 Å². The summed E-state index contributed by atoms with van der Waals surface area (Å²) in [5, 5.41) is 9.74. The van der Waals surface area contributed by atoms with Crippen LogP contribution in [0.15, 0.2) is 29.3 Å². The summed E-state index contributed by atoms with van der Waals surface area (Å²) >= 11 is 6.28. The lowest BCUT2D eigenvalue weighted by atomic mass is 9.74. The quantitative estimate of drug-likeness (QED) is 0.884. The Balaban J connectivity index is 2.16. The van der Waals surface area contributed by atoms with Crippen LogP contribution in [0, 0.1) is 0 Å². The second-order valence-electron chi connectivity index (χ2n) is 5.44. The first kappa shape index (κ1) is 14.5. The molecule has 0 amide bonds. The third-order valence-corrected chi connectivity index (χ3v) is 4.43. The van der Waals surface area contributed by atoms with Crippen molar-refractivity contribution in [2.75, 3.05) is 6.61 Å². The highest BCUT2D eigenvalue weighted by Crippen LogP contribution is 2.44. The number of fused-ring (bicyclic) bond motifs is 2. The molecule has 112 valence electrons. The first-order valence-electron chi connectivity index (χ1n) is 7.00. The van der Waals surface area contributed by atoms with E-state index in [2.05, 4.69) is 4.99 Å². The largest absolute Gasteiger partial charge is 0.468 e. The molecule has 1 aliphatic heterocycles. The van der Waals surface area contributed by atoms with E-state index in [0.717, 1.165) is 6.42 Å². The maximum Gasteiger partial charge on any atom is 0.205 e. The van der Waals surface area contributed by atoms with E-state index in [4.69, 9.17) is 22.1 Å². The lowest BCUT2D eigenvalue weighted by Crippen LogP contribution is -2.54. The Labute approximate surface area is 127 Å². The van der Waals surface area contributed by atoms with Crippen molar-refractivity contribution >= 4 is 23.3 Å². The van der Waals surface area contributed by atoms with Crippen molar-refractivity contribution in [3.63, 3.8) is 0 Å². The molecule has 3 rings (SSSR count). The van der Waals surface area contributed by atoms with E-state index in [1.807, 2.05) is 18.2 Å². The van der Waals surface area contributed by atoms with Gasteiger partial charge in [0.2, 0.25) is 11.7 Å². The number of aliphatic imine (C=N–C) groups is 1. The molecule has 5 nitrogen and oxygen atoms in total. The number of aliphatic hydroxyl groups excluding tert-OH is 1. The molecule has 2 bridgehead atoms. The number of benzene rings is 1. The number of hydrogen-bond acceptors (Lipinski definition) is 5. The van der Waals surface area contributed by atoms with E-state index in [0.29, 0.717) is 23.4 Å². The van der Waals surface area contributed by atoms with Crippen LogP contribution >= 0.6 is 11.6 Å². The predicted molar refractivity (Wildman–Crippen MR) is 79.4 cm³/mol. The zero-order valence-corrected chi connectivity index (χ0v) is 12.2. The highest BCUT2D eigenvalue weighted by Gasteiger charge is 2.52. The van der Waals surface area contributed by atoms with Crippen LogP contribution in [0.2, 0.25) is 5.02 Å². The Bertz CT molecular complexity index is 604. The third kappa shape index (κ3) is 2.25. The molecule has 0 aromatic heterocycles. The van der Waals surface area contributed by atoms with Gasteiger partial charge in [0.1, 0.15) is 6.04 Å². The Morgan fingerprint density at radius 3 is 3.00 bits per heavy atom. The van der Waals surface area contributed by atoms with E-state index in [-0.39, 0.29) is 18.3 Å². The number of nitrogens with two attached hydrogens (primary N) is 1. The molecule has 0 spiro atoms. The smallest absolute Gasteiger partial charge is 0.205 e. The summed E-state index contributed by atoms with van der Waals surface area (Å²) in [6.07, 6.45) is 1.49. The van der Waals surface area contributed by atoms with Crippen LogP contribution in [-0.4, -0.2) is 35.5 Å². The third-order valence-electron chi connectivity index (χ3n) is 4.10. The number of ketones is 1. The van der Waals surface area contributed by atoms with Crippen LogP contribution in [0.3, 0.4) is 0 Å². The SMILES string of the molecule is N[C@@H](CO)C1=NC2(c3ccccc3Cl)CCCC(O1)C2=O. The summed E-state index contributed by atoms with van der Waals surface area (Å²) in [5.41, 5.74) is 5.48. The maximum atomic E-state index is 12.7. The van der Waals surface area contributed by atoms with Crippen molar-refractivity contribution in [2.45, 2.75) is 36.9 Å². The van der Waals surface area contributed by atoms with Gasteiger partial charge in [-0.15, -0.1) is 0 Å². The van der Waals surface area contributed by atoms with Gasteiger partial charge >= 0.3 is 0 Å². The van der Waals surface area contributed by atoms with Crippen LogP contribution < -0.4 is 5.73 Å². The molecule has 0 saturated heterocycles. The first-order valence-corrected chi connectivity index (χ1v) is 7.38. The average molecular weight is 309 g/mol. The van der Waals surface area contributed by atoms with Crippen molar-refractivity contribution in [2.24, 2.45) is 10.7 Å². The molecule has 3 N–H and O–H groups in total. The zero-order chi connectivity index (χ0) is 15.0. The van der Waals surface area contributed by atoms with Crippen molar-refractivity contribution in [1.82, 2.24) is 0 Å². The molecule has 3 atom stereocenters. The van der Waals surface area contributed by atoms with Crippen molar-refractivity contribution in [3.05, 3.63) is 34.9 Å². The Morgan fingerprint density at radius 1 is 1.52 bits per heavy atom. The van der Waals surface area contributed by atoms with Gasteiger partial charge in [-0.1, -0.05) is 29.8 Å². The monoisotopic (exact) mass is 308 g/mol. The highest BCUT2D eigenvalue weighted by molar-refractivity contribution is 6.32. The summed E-state index contributed by atoms with van der Waals surface area (Å²) in [5.74, 6) is 0.164. The molecule has 1 aromatic rings. The van der Waals surface area contributed by atoms with Gasteiger partial charge in [-0.2, -0.15) is 0 Å². The molecular weight excluding hydrogens is 292 g/mol. The number of carbonyl (C=O) groups is 1. The van der Waals surface area contributed by atoms with E-state index < -0.39 is 17.7 Å². The standard InChI is InChI=1S/C15H17ClN2O3/c16-10-5-2-1-4-9(10)15-7-3-6-12(13(15)20)21-14(18-15)11(17)8-19/h1-2,4-5,11-12,19H,3,6-8,17H2/t11-,12?,15?/m0/s1. The number of halogens is 1. The van der Waals surface area contributed by atoms with Gasteiger partial charge < -0.3 is 15.6 Å². The molecule has 1 aromatic carbocycles. The van der Waals surface area contributed by atoms with Crippen LogP contribution in [0.1, 0.15) is 24.8 Å². The molecule has 21 heavy (non-hydrogen) atoms. The topological polar surface area (TPSA) is 84.9 Å². The van der Waals surface area contributed by atoms with Crippen molar-refractivity contribution in [3.8, 4) is 0 Å². The molecule has 1 saturated carbocycles. The fourth-order valence-corrected chi connectivity index (χ4v) is 3.31. The first-order chi connectivity index (χ1) is 10.1. The number of carbonyl (C=O) groups excluding carboxylic acids is 1. The number of aliphatic hydroxyl groups is 1. The molecule has 2 aliphatic rings. The van der Waals surface area contributed by atoms with Crippen LogP contribution in [0.4, 0.5) is 0 Å². The van der Waals surface area contributed by atoms with Crippen molar-refractivity contribution < 1.29 is 14.6 Å².